The number of amides is 1. The van der Waals surface area contributed by atoms with E-state index in [2.05, 4.69) is 22.6 Å². The second-order valence-electron chi connectivity index (χ2n) is 8.12. The molecule has 3 aliphatic rings. The van der Waals surface area contributed by atoms with E-state index in [0.29, 0.717) is 17.8 Å². The van der Waals surface area contributed by atoms with Gasteiger partial charge in [-0.15, -0.1) is 5.10 Å². The van der Waals surface area contributed by atoms with Crippen molar-refractivity contribution in [3.05, 3.63) is 11.9 Å². The second kappa shape index (κ2) is 7.27. The molecule has 2 saturated carbocycles. The van der Waals surface area contributed by atoms with Crippen LogP contribution in [-0.2, 0) is 4.74 Å². The van der Waals surface area contributed by atoms with Crippen molar-refractivity contribution in [2.75, 3.05) is 26.7 Å². The number of aromatic nitrogens is 3. The van der Waals surface area contributed by atoms with Gasteiger partial charge in [0, 0.05) is 25.1 Å². The Hall–Kier alpha value is -1.47. The minimum absolute atomic E-state index is 0.00333. The monoisotopic (exact) mass is 361 g/mol. The maximum atomic E-state index is 13.0. The molecule has 7 nitrogen and oxygen atoms in total. The third-order valence-corrected chi connectivity index (χ3v) is 6.84. The van der Waals surface area contributed by atoms with E-state index in [4.69, 9.17) is 4.74 Å². The molecule has 0 aromatic carbocycles. The summed E-state index contributed by atoms with van der Waals surface area (Å²) in [6, 6.07) is 0.612. The van der Waals surface area contributed by atoms with Gasteiger partial charge in [0.25, 0.3) is 5.91 Å². The van der Waals surface area contributed by atoms with E-state index < -0.39 is 0 Å². The first-order valence-corrected chi connectivity index (χ1v) is 10.2. The van der Waals surface area contributed by atoms with Gasteiger partial charge in [-0.3, -0.25) is 4.79 Å². The summed E-state index contributed by atoms with van der Waals surface area (Å²) in [5.41, 5.74) is 0.630. The molecule has 2 heterocycles. The molecule has 1 spiro atoms. The highest BCUT2D eigenvalue weighted by Gasteiger charge is 2.59. The number of carbonyl (C=O) groups excluding carboxylic acids is 1. The van der Waals surface area contributed by atoms with Gasteiger partial charge in [-0.25, -0.2) is 4.68 Å². The molecule has 1 aromatic rings. The van der Waals surface area contributed by atoms with Crippen LogP contribution in [0.25, 0.3) is 0 Å². The van der Waals surface area contributed by atoms with Crippen molar-refractivity contribution in [2.24, 2.45) is 5.41 Å². The van der Waals surface area contributed by atoms with Crippen molar-refractivity contribution >= 4 is 5.91 Å². The van der Waals surface area contributed by atoms with E-state index in [1.54, 1.807) is 0 Å². The molecule has 1 amide bonds. The summed E-state index contributed by atoms with van der Waals surface area (Å²) < 4.78 is 7.87. The fourth-order valence-electron chi connectivity index (χ4n) is 5.34. The van der Waals surface area contributed by atoms with Crippen molar-refractivity contribution in [1.82, 2.24) is 25.2 Å². The van der Waals surface area contributed by atoms with E-state index in [-0.39, 0.29) is 17.4 Å². The van der Waals surface area contributed by atoms with Gasteiger partial charge in [-0.1, -0.05) is 18.1 Å². The first-order chi connectivity index (χ1) is 12.7. The van der Waals surface area contributed by atoms with Crippen LogP contribution in [0.15, 0.2) is 6.20 Å². The Morgan fingerprint density at radius 3 is 2.81 bits per heavy atom. The third kappa shape index (κ3) is 2.95. The molecule has 4 rings (SSSR count). The third-order valence-electron chi connectivity index (χ3n) is 6.84. The largest absolute Gasteiger partial charge is 0.378 e. The molecule has 144 valence electrons. The van der Waals surface area contributed by atoms with Gasteiger partial charge < -0.3 is 15.0 Å². The van der Waals surface area contributed by atoms with E-state index in [0.717, 1.165) is 39.0 Å². The van der Waals surface area contributed by atoms with Crippen molar-refractivity contribution in [1.29, 1.82) is 0 Å². The average Bonchev–Trinajstić information content (AvgIpc) is 3.35. The van der Waals surface area contributed by atoms with Crippen LogP contribution in [0.3, 0.4) is 0 Å². The van der Waals surface area contributed by atoms with Gasteiger partial charge in [0.2, 0.25) is 0 Å². The molecule has 26 heavy (non-hydrogen) atoms. The number of rotatable bonds is 5. The molecule has 2 aliphatic carbocycles. The summed E-state index contributed by atoms with van der Waals surface area (Å²) in [6.07, 6.45) is 9.99. The van der Waals surface area contributed by atoms with E-state index in [9.17, 15) is 4.79 Å². The number of hydrogen-bond acceptors (Lipinski definition) is 5. The van der Waals surface area contributed by atoms with Gasteiger partial charge in [0.1, 0.15) is 0 Å². The van der Waals surface area contributed by atoms with Gasteiger partial charge >= 0.3 is 0 Å². The standard InChI is InChI=1S/C19H31N5O2/c1-3-26-17-12-16(19(17)8-4-5-9-19)23(2)18(25)15-13-24(22-21-15)14-6-10-20-11-7-14/h13-14,16-17,20H,3-12H2,1-2H3/t16-,17-/m1/s1. The van der Waals surface area contributed by atoms with Crippen LogP contribution in [0.1, 0.15) is 68.4 Å². The lowest BCUT2D eigenvalue weighted by Crippen LogP contribution is -2.64. The number of ether oxygens (including phenoxy) is 1. The average molecular weight is 361 g/mol. The molecule has 0 radical (unpaired) electrons. The first kappa shape index (κ1) is 17.9. The topological polar surface area (TPSA) is 72.3 Å². The molecule has 1 N–H and O–H groups in total. The normalized spacial score (nSPS) is 28.2. The van der Waals surface area contributed by atoms with Crippen LogP contribution in [-0.4, -0.2) is 64.7 Å². The number of piperidine rings is 1. The molecular weight excluding hydrogens is 330 g/mol. The molecule has 0 unspecified atom stereocenters. The maximum Gasteiger partial charge on any atom is 0.276 e. The molecule has 0 bridgehead atoms. The lowest BCUT2D eigenvalue weighted by Gasteiger charge is -2.56. The van der Waals surface area contributed by atoms with Crippen molar-refractivity contribution in [2.45, 2.75) is 70.1 Å². The van der Waals surface area contributed by atoms with Crippen LogP contribution in [0.2, 0.25) is 0 Å². The molecule has 3 fully saturated rings. The smallest absolute Gasteiger partial charge is 0.276 e. The molecule has 1 saturated heterocycles. The van der Waals surface area contributed by atoms with Crippen LogP contribution in [0.4, 0.5) is 0 Å². The van der Waals surface area contributed by atoms with Gasteiger partial charge in [-0.05, 0) is 52.1 Å². The molecule has 1 aliphatic heterocycles. The summed E-state index contributed by atoms with van der Waals surface area (Å²) in [7, 11) is 1.93. The van der Waals surface area contributed by atoms with Crippen molar-refractivity contribution < 1.29 is 9.53 Å². The Morgan fingerprint density at radius 2 is 2.12 bits per heavy atom. The fourth-order valence-corrected chi connectivity index (χ4v) is 5.34. The van der Waals surface area contributed by atoms with Crippen LogP contribution in [0, 0.1) is 5.41 Å². The summed E-state index contributed by atoms with van der Waals surface area (Å²) in [6.45, 7) is 4.81. The summed E-state index contributed by atoms with van der Waals surface area (Å²) in [4.78, 5) is 15.0. The zero-order valence-corrected chi connectivity index (χ0v) is 16.0. The predicted molar refractivity (Wildman–Crippen MR) is 98.0 cm³/mol. The van der Waals surface area contributed by atoms with Crippen LogP contribution < -0.4 is 5.32 Å². The van der Waals surface area contributed by atoms with E-state index in [1.807, 2.05) is 22.8 Å². The Labute approximate surface area is 155 Å². The molecule has 7 heteroatoms. The summed E-state index contributed by atoms with van der Waals surface area (Å²) >= 11 is 0. The van der Waals surface area contributed by atoms with Gasteiger partial charge in [0.15, 0.2) is 5.69 Å². The van der Waals surface area contributed by atoms with E-state index >= 15 is 0 Å². The van der Waals surface area contributed by atoms with Gasteiger partial charge in [0.05, 0.1) is 18.3 Å². The Morgan fingerprint density at radius 1 is 1.38 bits per heavy atom. The number of nitrogens with one attached hydrogen (secondary N) is 1. The predicted octanol–water partition coefficient (Wildman–Crippen LogP) is 2.01. The molecular formula is C19H31N5O2. The number of hydrogen-bond donors (Lipinski definition) is 1. The highest BCUT2D eigenvalue weighted by Crippen LogP contribution is 2.56. The minimum Gasteiger partial charge on any atom is -0.378 e. The van der Waals surface area contributed by atoms with E-state index in [1.165, 1.54) is 25.7 Å². The fraction of sp³-hybridized carbons (Fsp3) is 0.842. The van der Waals surface area contributed by atoms with Crippen molar-refractivity contribution in [3.8, 4) is 0 Å². The SMILES string of the molecule is CCO[C@@H]1C[C@@H](N(C)C(=O)c2cn(C3CCNCC3)nn2)C12CCCC2. The molecule has 1 aromatic heterocycles. The highest BCUT2D eigenvalue weighted by molar-refractivity contribution is 5.92. The quantitative estimate of drug-likeness (QED) is 0.869. The lowest BCUT2D eigenvalue weighted by atomic mass is 9.60. The maximum absolute atomic E-state index is 13.0. The zero-order chi connectivity index (χ0) is 18.1. The minimum atomic E-state index is -0.00333. The molecule has 2 atom stereocenters. The van der Waals surface area contributed by atoms with Crippen LogP contribution >= 0.6 is 0 Å². The number of nitrogens with zero attached hydrogens (tertiary/aromatic N) is 4. The van der Waals surface area contributed by atoms with Crippen molar-refractivity contribution in [3.63, 3.8) is 0 Å². The lowest BCUT2D eigenvalue weighted by molar-refractivity contribution is -0.152. The number of carbonyl (C=O) groups is 1. The Balaban J connectivity index is 1.45. The second-order valence-corrected chi connectivity index (χ2v) is 8.12. The Bertz CT molecular complexity index is 634. The van der Waals surface area contributed by atoms with Gasteiger partial charge in [-0.2, -0.15) is 0 Å². The van der Waals surface area contributed by atoms with Crippen LogP contribution in [0.5, 0.6) is 0 Å². The summed E-state index contributed by atoms with van der Waals surface area (Å²) in [5.74, 6) is -0.00333. The summed E-state index contributed by atoms with van der Waals surface area (Å²) in [5, 5.41) is 11.8. The first-order valence-electron chi connectivity index (χ1n) is 10.2. The highest BCUT2D eigenvalue weighted by atomic mass is 16.5. The zero-order valence-electron chi connectivity index (χ0n) is 16.0. The Kier molecular flexibility index (Phi) is 5.01.